The number of ether oxygens (including phenoxy) is 2. The van der Waals surface area contributed by atoms with E-state index < -0.39 is 0 Å². The fourth-order valence-corrected chi connectivity index (χ4v) is 1.79. The fourth-order valence-electron chi connectivity index (χ4n) is 1.60. The van der Waals surface area contributed by atoms with Gasteiger partial charge in [-0.1, -0.05) is 26.7 Å². The number of rotatable bonds is 15. The molecule has 0 aliphatic carbocycles. The monoisotopic (exact) mass is 322 g/mol. The van der Waals surface area contributed by atoms with Crippen LogP contribution in [0.3, 0.4) is 0 Å². The van der Waals surface area contributed by atoms with Crippen LogP contribution in [0.4, 0.5) is 0 Å². The third-order valence-electron chi connectivity index (χ3n) is 2.78. The summed E-state index contributed by atoms with van der Waals surface area (Å²) in [7, 11) is 0. The number of nitrogens with one attached hydrogen (secondary N) is 2. The van der Waals surface area contributed by atoms with Crippen LogP contribution in [0.1, 0.15) is 39.5 Å². The van der Waals surface area contributed by atoms with Gasteiger partial charge in [0.15, 0.2) is 0 Å². The standard InChI is InChI=1S/C15H31ClN2O3/c1-14(2)18-13-15(19)17-8-10-21-12-11-20-9-6-4-3-5-7-16/h14,18H,3-13H2,1-2H3,(H,17,19). The van der Waals surface area contributed by atoms with Gasteiger partial charge in [-0.2, -0.15) is 0 Å². The molecule has 0 saturated heterocycles. The van der Waals surface area contributed by atoms with Crippen molar-refractivity contribution >= 4 is 17.5 Å². The molecule has 1 amide bonds. The van der Waals surface area contributed by atoms with E-state index in [-0.39, 0.29) is 5.91 Å². The second-order valence-corrected chi connectivity index (χ2v) is 5.59. The second kappa shape index (κ2) is 16.0. The minimum absolute atomic E-state index is 0.000459. The zero-order valence-corrected chi connectivity index (χ0v) is 14.2. The maximum atomic E-state index is 11.4. The number of hydrogen-bond donors (Lipinski definition) is 2. The molecule has 0 atom stereocenters. The highest BCUT2D eigenvalue weighted by molar-refractivity contribution is 6.17. The van der Waals surface area contributed by atoms with Crippen LogP contribution in [0.25, 0.3) is 0 Å². The number of hydrogen-bond acceptors (Lipinski definition) is 4. The Kier molecular flexibility index (Phi) is 15.7. The van der Waals surface area contributed by atoms with Gasteiger partial charge in [-0.25, -0.2) is 0 Å². The van der Waals surface area contributed by atoms with Crippen molar-refractivity contribution in [2.24, 2.45) is 0 Å². The third-order valence-corrected chi connectivity index (χ3v) is 3.05. The number of unbranched alkanes of at least 4 members (excludes halogenated alkanes) is 3. The van der Waals surface area contributed by atoms with E-state index in [2.05, 4.69) is 10.6 Å². The van der Waals surface area contributed by atoms with Crippen LogP contribution in [0.5, 0.6) is 0 Å². The molecule has 0 heterocycles. The third kappa shape index (κ3) is 17.6. The summed E-state index contributed by atoms with van der Waals surface area (Å²) >= 11 is 5.60. The van der Waals surface area contributed by atoms with Gasteiger partial charge in [0.25, 0.3) is 0 Å². The van der Waals surface area contributed by atoms with Crippen molar-refractivity contribution in [2.45, 2.75) is 45.6 Å². The van der Waals surface area contributed by atoms with Crippen LogP contribution in [0.15, 0.2) is 0 Å². The summed E-state index contributed by atoms with van der Waals surface area (Å²) in [6.45, 7) is 7.39. The van der Waals surface area contributed by atoms with Crippen LogP contribution in [-0.2, 0) is 14.3 Å². The molecule has 0 aliphatic heterocycles. The summed E-state index contributed by atoms with van der Waals surface area (Å²) in [6.07, 6.45) is 4.51. The Hall–Kier alpha value is -0.360. The van der Waals surface area contributed by atoms with E-state index in [1.807, 2.05) is 13.8 Å². The predicted octanol–water partition coefficient (Wildman–Crippen LogP) is 1.93. The number of carbonyl (C=O) groups is 1. The van der Waals surface area contributed by atoms with Crippen molar-refractivity contribution in [2.75, 3.05) is 45.4 Å². The Labute approximate surface area is 134 Å². The summed E-state index contributed by atoms with van der Waals surface area (Å²) in [6, 6.07) is 0.319. The van der Waals surface area contributed by atoms with Gasteiger partial charge < -0.3 is 20.1 Å². The van der Waals surface area contributed by atoms with Crippen LogP contribution in [0, 0.1) is 0 Å². The number of amides is 1. The largest absolute Gasteiger partial charge is 0.379 e. The SMILES string of the molecule is CC(C)NCC(=O)NCCOCCOCCCCCCCl. The van der Waals surface area contributed by atoms with Gasteiger partial charge in [0, 0.05) is 25.1 Å². The summed E-state index contributed by atoms with van der Waals surface area (Å²) in [5.74, 6) is 0.749. The van der Waals surface area contributed by atoms with Crippen LogP contribution < -0.4 is 10.6 Å². The molecule has 0 aliphatic rings. The van der Waals surface area contributed by atoms with Crippen LogP contribution in [-0.4, -0.2) is 57.3 Å². The molecule has 126 valence electrons. The lowest BCUT2D eigenvalue weighted by atomic mass is 10.2. The van der Waals surface area contributed by atoms with E-state index in [1.54, 1.807) is 0 Å². The molecule has 0 radical (unpaired) electrons. The maximum absolute atomic E-state index is 11.4. The van der Waals surface area contributed by atoms with Gasteiger partial charge in [-0.15, -0.1) is 11.6 Å². The van der Waals surface area contributed by atoms with Crippen molar-refractivity contribution in [3.63, 3.8) is 0 Å². The molecule has 0 fully saturated rings. The molecule has 0 aromatic carbocycles. The molecule has 5 nitrogen and oxygen atoms in total. The van der Waals surface area contributed by atoms with Gasteiger partial charge >= 0.3 is 0 Å². The first-order valence-corrected chi connectivity index (χ1v) is 8.41. The molecule has 2 N–H and O–H groups in total. The highest BCUT2D eigenvalue weighted by Gasteiger charge is 2.00. The minimum atomic E-state index is 0.000459. The minimum Gasteiger partial charge on any atom is -0.379 e. The Morgan fingerprint density at radius 3 is 2.33 bits per heavy atom. The van der Waals surface area contributed by atoms with Gasteiger partial charge in [-0.05, 0) is 12.8 Å². The van der Waals surface area contributed by atoms with Crippen molar-refractivity contribution in [3.8, 4) is 0 Å². The van der Waals surface area contributed by atoms with E-state index in [4.69, 9.17) is 21.1 Å². The molecule has 0 rings (SSSR count). The van der Waals surface area contributed by atoms with E-state index in [0.29, 0.717) is 39.0 Å². The zero-order chi connectivity index (χ0) is 15.8. The molecule has 0 saturated carbocycles. The number of halogens is 1. The average molecular weight is 323 g/mol. The highest BCUT2D eigenvalue weighted by Crippen LogP contribution is 2.00. The smallest absolute Gasteiger partial charge is 0.234 e. The Balaban J connectivity index is 3.10. The highest BCUT2D eigenvalue weighted by atomic mass is 35.5. The molecule has 6 heteroatoms. The summed E-state index contributed by atoms with van der Waals surface area (Å²) in [4.78, 5) is 11.4. The Morgan fingerprint density at radius 1 is 1.00 bits per heavy atom. The summed E-state index contributed by atoms with van der Waals surface area (Å²) < 4.78 is 10.8. The van der Waals surface area contributed by atoms with Crippen LogP contribution in [0.2, 0.25) is 0 Å². The van der Waals surface area contributed by atoms with Crippen molar-refractivity contribution in [1.82, 2.24) is 10.6 Å². The molecular formula is C15H31ClN2O3. The predicted molar refractivity (Wildman–Crippen MR) is 87.0 cm³/mol. The lowest BCUT2D eigenvalue weighted by Crippen LogP contribution is -2.38. The molecule has 0 aromatic rings. The fraction of sp³-hybridized carbons (Fsp3) is 0.933. The van der Waals surface area contributed by atoms with Crippen molar-refractivity contribution in [3.05, 3.63) is 0 Å². The van der Waals surface area contributed by atoms with Crippen molar-refractivity contribution in [1.29, 1.82) is 0 Å². The van der Waals surface area contributed by atoms with Gasteiger partial charge in [-0.3, -0.25) is 4.79 Å². The summed E-state index contributed by atoms with van der Waals surface area (Å²) in [5.41, 5.74) is 0. The molecule has 0 unspecified atom stereocenters. The van der Waals surface area contributed by atoms with E-state index in [0.717, 1.165) is 25.3 Å². The lowest BCUT2D eigenvalue weighted by molar-refractivity contribution is -0.120. The molecule has 0 bridgehead atoms. The van der Waals surface area contributed by atoms with E-state index in [9.17, 15) is 4.79 Å². The Bertz CT molecular complexity index is 241. The molecular weight excluding hydrogens is 292 g/mol. The van der Waals surface area contributed by atoms with Gasteiger partial charge in [0.05, 0.1) is 26.4 Å². The van der Waals surface area contributed by atoms with Crippen molar-refractivity contribution < 1.29 is 14.3 Å². The molecule has 0 spiro atoms. The first-order chi connectivity index (χ1) is 10.2. The first-order valence-electron chi connectivity index (χ1n) is 7.88. The number of alkyl halides is 1. The quantitative estimate of drug-likeness (QED) is 0.357. The maximum Gasteiger partial charge on any atom is 0.234 e. The Morgan fingerprint density at radius 2 is 1.67 bits per heavy atom. The summed E-state index contributed by atoms with van der Waals surface area (Å²) in [5, 5.41) is 5.85. The topological polar surface area (TPSA) is 59.6 Å². The van der Waals surface area contributed by atoms with Gasteiger partial charge in [0.2, 0.25) is 5.91 Å². The van der Waals surface area contributed by atoms with Crippen LogP contribution >= 0.6 is 11.6 Å². The second-order valence-electron chi connectivity index (χ2n) is 5.21. The molecule has 0 aromatic heterocycles. The van der Waals surface area contributed by atoms with E-state index >= 15 is 0 Å². The molecule has 21 heavy (non-hydrogen) atoms. The number of carbonyl (C=O) groups excluding carboxylic acids is 1. The zero-order valence-electron chi connectivity index (χ0n) is 13.5. The van der Waals surface area contributed by atoms with Gasteiger partial charge in [0.1, 0.15) is 0 Å². The van der Waals surface area contributed by atoms with E-state index in [1.165, 1.54) is 12.8 Å². The normalized spacial score (nSPS) is 11.0. The first kappa shape index (κ1) is 20.6. The lowest BCUT2D eigenvalue weighted by Gasteiger charge is -2.09. The average Bonchev–Trinajstić information content (AvgIpc) is 2.46.